The average molecular weight is 234 g/mol. The molecule has 0 heterocycles. The molecule has 0 aliphatic heterocycles. The number of likely N-dealkylation sites (N-methyl/N-ethyl adjacent to an activating group) is 1. The molecule has 0 saturated heterocycles. The first-order valence-electron chi connectivity index (χ1n) is 6.57. The molecule has 0 aliphatic rings. The Balaban J connectivity index is 2.79. The van der Waals surface area contributed by atoms with Crippen molar-refractivity contribution in [3.63, 3.8) is 0 Å². The Kier molecular flexibility index (Phi) is 5.66. The van der Waals surface area contributed by atoms with E-state index in [9.17, 15) is 0 Å². The standard InChI is InChI=1S/C15H26N2/c1-5-12(2)11-17(4)15(13(3)16)14-9-7-6-8-10-14/h6-10,12-13,15H,5,11,16H2,1-4H3. The summed E-state index contributed by atoms with van der Waals surface area (Å²) in [5.74, 6) is 0.713. The summed E-state index contributed by atoms with van der Waals surface area (Å²) in [7, 11) is 2.17. The van der Waals surface area contributed by atoms with Gasteiger partial charge in [0.1, 0.15) is 0 Å². The molecule has 3 atom stereocenters. The highest BCUT2D eigenvalue weighted by molar-refractivity contribution is 5.20. The Bertz CT molecular complexity index is 308. The lowest BCUT2D eigenvalue weighted by Gasteiger charge is -2.33. The molecule has 1 aromatic carbocycles. The summed E-state index contributed by atoms with van der Waals surface area (Å²) in [5.41, 5.74) is 7.46. The van der Waals surface area contributed by atoms with Crippen molar-refractivity contribution < 1.29 is 0 Å². The van der Waals surface area contributed by atoms with Crippen molar-refractivity contribution >= 4 is 0 Å². The lowest BCUT2D eigenvalue weighted by Crippen LogP contribution is -2.39. The van der Waals surface area contributed by atoms with Crippen LogP contribution in [0.1, 0.15) is 38.8 Å². The molecule has 17 heavy (non-hydrogen) atoms. The Morgan fingerprint density at radius 3 is 2.24 bits per heavy atom. The van der Waals surface area contributed by atoms with Gasteiger partial charge in [-0.05, 0) is 25.5 Å². The molecule has 96 valence electrons. The van der Waals surface area contributed by atoms with Gasteiger partial charge in [-0.3, -0.25) is 4.90 Å². The van der Waals surface area contributed by atoms with E-state index < -0.39 is 0 Å². The Morgan fingerprint density at radius 1 is 1.18 bits per heavy atom. The smallest absolute Gasteiger partial charge is 0.0493 e. The topological polar surface area (TPSA) is 29.3 Å². The predicted octanol–water partition coefficient (Wildman–Crippen LogP) is 3.05. The van der Waals surface area contributed by atoms with E-state index in [4.69, 9.17) is 5.73 Å². The summed E-state index contributed by atoms with van der Waals surface area (Å²) in [6.07, 6.45) is 1.21. The maximum absolute atomic E-state index is 6.15. The molecule has 1 aromatic rings. The highest BCUT2D eigenvalue weighted by Crippen LogP contribution is 2.23. The van der Waals surface area contributed by atoms with E-state index in [1.54, 1.807) is 0 Å². The van der Waals surface area contributed by atoms with Crippen molar-refractivity contribution in [2.45, 2.75) is 39.3 Å². The average Bonchev–Trinajstić information content (AvgIpc) is 2.29. The molecule has 2 heteroatoms. The third-order valence-corrected chi connectivity index (χ3v) is 3.41. The minimum Gasteiger partial charge on any atom is -0.326 e. The molecule has 0 aromatic heterocycles. The van der Waals surface area contributed by atoms with Crippen LogP contribution in [0.3, 0.4) is 0 Å². The minimum absolute atomic E-state index is 0.145. The molecule has 0 bridgehead atoms. The Morgan fingerprint density at radius 2 is 1.76 bits per heavy atom. The zero-order valence-electron chi connectivity index (χ0n) is 11.6. The molecule has 3 unspecified atom stereocenters. The number of nitrogens with two attached hydrogens (primary N) is 1. The van der Waals surface area contributed by atoms with Crippen molar-refractivity contribution in [3.8, 4) is 0 Å². The van der Waals surface area contributed by atoms with Crippen LogP contribution in [-0.4, -0.2) is 24.5 Å². The largest absolute Gasteiger partial charge is 0.326 e. The highest BCUT2D eigenvalue weighted by Gasteiger charge is 2.21. The normalized spacial score (nSPS) is 16.8. The fourth-order valence-corrected chi connectivity index (χ4v) is 2.34. The molecule has 0 amide bonds. The van der Waals surface area contributed by atoms with Gasteiger partial charge >= 0.3 is 0 Å². The Labute approximate surface area is 106 Å². The fraction of sp³-hybridized carbons (Fsp3) is 0.600. The quantitative estimate of drug-likeness (QED) is 0.819. The molecule has 0 radical (unpaired) electrons. The van der Waals surface area contributed by atoms with Gasteiger partial charge in [-0.25, -0.2) is 0 Å². The molecule has 0 aliphatic carbocycles. The third-order valence-electron chi connectivity index (χ3n) is 3.41. The second kappa shape index (κ2) is 6.77. The van der Waals surface area contributed by atoms with Gasteiger partial charge < -0.3 is 5.73 Å². The predicted molar refractivity (Wildman–Crippen MR) is 74.9 cm³/mol. The third kappa shape index (κ3) is 4.14. The maximum atomic E-state index is 6.15. The van der Waals surface area contributed by atoms with Crippen LogP contribution in [0.15, 0.2) is 30.3 Å². The van der Waals surface area contributed by atoms with Crippen LogP contribution < -0.4 is 5.73 Å². The van der Waals surface area contributed by atoms with Crippen molar-refractivity contribution in [1.82, 2.24) is 4.90 Å². The number of hydrogen-bond donors (Lipinski definition) is 1. The van der Waals surface area contributed by atoms with Gasteiger partial charge in [0.15, 0.2) is 0 Å². The van der Waals surface area contributed by atoms with Crippen LogP contribution in [0, 0.1) is 5.92 Å². The van der Waals surface area contributed by atoms with Crippen LogP contribution in [0.2, 0.25) is 0 Å². The minimum atomic E-state index is 0.145. The first kappa shape index (κ1) is 14.2. The molecular formula is C15H26N2. The van der Waals surface area contributed by atoms with Crippen LogP contribution in [0.4, 0.5) is 0 Å². The van der Waals surface area contributed by atoms with Gasteiger partial charge in [0, 0.05) is 18.6 Å². The van der Waals surface area contributed by atoms with Gasteiger partial charge in [0.2, 0.25) is 0 Å². The van der Waals surface area contributed by atoms with E-state index in [1.165, 1.54) is 12.0 Å². The van der Waals surface area contributed by atoms with E-state index in [-0.39, 0.29) is 6.04 Å². The van der Waals surface area contributed by atoms with Crippen LogP contribution in [0.5, 0.6) is 0 Å². The molecule has 2 N–H and O–H groups in total. The highest BCUT2D eigenvalue weighted by atomic mass is 15.1. The summed E-state index contributed by atoms with van der Waals surface area (Å²) < 4.78 is 0. The van der Waals surface area contributed by atoms with Crippen LogP contribution in [-0.2, 0) is 0 Å². The number of hydrogen-bond acceptors (Lipinski definition) is 2. The van der Waals surface area contributed by atoms with Crippen molar-refractivity contribution in [2.75, 3.05) is 13.6 Å². The second-order valence-electron chi connectivity index (χ2n) is 5.17. The summed E-state index contributed by atoms with van der Waals surface area (Å²) in [6.45, 7) is 7.71. The van der Waals surface area contributed by atoms with E-state index in [2.05, 4.69) is 63.1 Å². The maximum Gasteiger partial charge on any atom is 0.0493 e. The lowest BCUT2D eigenvalue weighted by atomic mass is 9.98. The molecule has 1 rings (SSSR count). The lowest BCUT2D eigenvalue weighted by molar-refractivity contribution is 0.190. The molecular weight excluding hydrogens is 208 g/mol. The molecule has 0 fully saturated rings. The fourth-order valence-electron chi connectivity index (χ4n) is 2.34. The summed E-state index contributed by atoms with van der Waals surface area (Å²) in [6, 6.07) is 11.0. The zero-order chi connectivity index (χ0) is 12.8. The first-order valence-corrected chi connectivity index (χ1v) is 6.57. The van der Waals surface area contributed by atoms with E-state index in [1.807, 2.05) is 0 Å². The van der Waals surface area contributed by atoms with Crippen molar-refractivity contribution in [2.24, 2.45) is 11.7 Å². The van der Waals surface area contributed by atoms with E-state index in [0.29, 0.717) is 12.0 Å². The van der Waals surface area contributed by atoms with Gasteiger partial charge in [-0.1, -0.05) is 50.6 Å². The molecule has 0 spiro atoms. The van der Waals surface area contributed by atoms with E-state index >= 15 is 0 Å². The van der Waals surface area contributed by atoms with Crippen LogP contribution >= 0.6 is 0 Å². The summed E-state index contributed by atoms with van der Waals surface area (Å²) >= 11 is 0. The molecule has 2 nitrogen and oxygen atoms in total. The Hall–Kier alpha value is -0.860. The van der Waals surface area contributed by atoms with Crippen molar-refractivity contribution in [3.05, 3.63) is 35.9 Å². The number of nitrogens with zero attached hydrogens (tertiary/aromatic N) is 1. The number of rotatable bonds is 6. The molecule has 0 saturated carbocycles. The van der Waals surface area contributed by atoms with E-state index in [0.717, 1.165) is 6.54 Å². The van der Waals surface area contributed by atoms with Gasteiger partial charge in [-0.15, -0.1) is 0 Å². The SMILES string of the molecule is CCC(C)CN(C)C(c1ccccc1)C(C)N. The van der Waals surface area contributed by atoms with Gasteiger partial charge in [-0.2, -0.15) is 0 Å². The van der Waals surface area contributed by atoms with Gasteiger partial charge in [0.05, 0.1) is 0 Å². The van der Waals surface area contributed by atoms with Crippen LogP contribution in [0.25, 0.3) is 0 Å². The second-order valence-corrected chi connectivity index (χ2v) is 5.17. The first-order chi connectivity index (χ1) is 8.06. The van der Waals surface area contributed by atoms with Gasteiger partial charge in [0.25, 0.3) is 0 Å². The van der Waals surface area contributed by atoms with Crippen molar-refractivity contribution in [1.29, 1.82) is 0 Å². The summed E-state index contributed by atoms with van der Waals surface area (Å²) in [5, 5.41) is 0. The monoisotopic (exact) mass is 234 g/mol. The summed E-state index contributed by atoms with van der Waals surface area (Å²) in [4.78, 5) is 2.38. The zero-order valence-corrected chi connectivity index (χ0v) is 11.6. The number of benzene rings is 1.